The maximum atomic E-state index is 3.65. The molecule has 0 aromatic rings. The first-order chi connectivity index (χ1) is 6.03. The summed E-state index contributed by atoms with van der Waals surface area (Å²) in [5.74, 6) is 1.71. The van der Waals surface area contributed by atoms with Crippen LogP contribution in [0, 0.1) is 17.3 Å². The summed E-state index contributed by atoms with van der Waals surface area (Å²) in [5.41, 5.74) is 0.504. The van der Waals surface area contributed by atoms with E-state index in [0.717, 1.165) is 17.9 Å². The van der Waals surface area contributed by atoms with Gasteiger partial charge in [0, 0.05) is 6.04 Å². The average molecular weight is 183 g/mol. The van der Waals surface area contributed by atoms with Gasteiger partial charge >= 0.3 is 0 Å². The largest absolute Gasteiger partial charge is 0.313 e. The van der Waals surface area contributed by atoms with E-state index in [4.69, 9.17) is 0 Å². The second-order valence-corrected chi connectivity index (χ2v) is 5.27. The third-order valence-electron chi connectivity index (χ3n) is 4.00. The Hall–Kier alpha value is -0.0400. The van der Waals surface area contributed by atoms with Crippen LogP contribution in [-0.4, -0.2) is 12.6 Å². The zero-order valence-electron chi connectivity index (χ0n) is 9.85. The summed E-state index contributed by atoms with van der Waals surface area (Å²) < 4.78 is 0. The van der Waals surface area contributed by atoms with E-state index < -0.39 is 0 Å². The SMILES string of the molecule is CCC1NCC(C)C1C(C)(C)CC. The van der Waals surface area contributed by atoms with Gasteiger partial charge < -0.3 is 5.32 Å². The lowest BCUT2D eigenvalue weighted by Crippen LogP contribution is -2.36. The van der Waals surface area contributed by atoms with Crippen LogP contribution in [0.1, 0.15) is 47.5 Å². The van der Waals surface area contributed by atoms with Crippen molar-refractivity contribution in [3.63, 3.8) is 0 Å². The second kappa shape index (κ2) is 4.00. The highest BCUT2D eigenvalue weighted by molar-refractivity contribution is 4.94. The zero-order valence-corrected chi connectivity index (χ0v) is 9.85. The fraction of sp³-hybridized carbons (Fsp3) is 1.00. The predicted octanol–water partition coefficient (Wildman–Crippen LogP) is 3.06. The molecule has 0 saturated carbocycles. The summed E-state index contributed by atoms with van der Waals surface area (Å²) in [5, 5.41) is 3.65. The van der Waals surface area contributed by atoms with Crippen molar-refractivity contribution in [3.8, 4) is 0 Å². The van der Waals surface area contributed by atoms with Crippen molar-refractivity contribution in [1.29, 1.82) is 0 Å². The molecule has 1 N–H and O–H groups in total. The Morgan fingerprint density at radius 3 is 2.38 bits per heavy atom. The van der Waals surface area contributed by atoms with E-state index >= 15 is 0 Å². The number of hydrogen-bond acceptors (Lipinski definition) is 1. The van der Waals surface area contributed by atoms with Crippen LogP contribution in [0.15, 0.2) is 0 Å². The first-order valence-corrected chi connectivity index (χ1v) is 5.76. The molecule has 0 spiro atoms. The Balaban J connectivity index is 2.74. The van der Waals surface area contributed by atoms with Gasteiger partial charge in [0.2, 0.25) is 0 Å². The van der Waals surface area contributed by atoms with Crippen molar-refractivity contribution in [2.24, 2.45) is 17.3 Å². The Bertz CT molecular complexity index is 163. The number of nitrogens with one attached hydrogen (secondary N) is 1. The van der Waals surface area contributed by atoms with Gasteiger partial charge in [0.1, 0.15) is 0 Å². The molecule has 0 radical (unpaired) electrons. The van der Waals surface area contributed by atoms with Gasteiger partial charge in [-0.25, -0.2) is 0 Å². The van der Waals surface area contributed by atoms with E-state index in [9.17, 15) is 0 Å². The standard InChI is InChI=1S/C12H25N/c1-6-10-11(9(3)8-13-10)12(4,5)7-2/h9-11,13H,6-8H2,1-5H3. The fourth-order valence-electron chi connectivity index (χ4n) is 2.94. The van der Waals surface area contributed by atoms with Gasteiger partial charge in [0.25, 0.3) is 0 Å². The fourth-order valence-corrected chi connectivity index (χ4v) is 2.94. The number of rotatable bonds is 3. The van der Waals surface area contributed by atoms with E-state index in [2.05, 4.69) is 39.9 Å². The Morgan fingerprint density at radius 1 is 1.31 bits per heavy atom. The Labute approximate surface area is 83.3 Å². The third-order valence-corrected chi connectivity index (χ3v) is 4.00. The molecule has 0 amide bonds. The zero-order chi connectivity index (χ0) is 10.1. The Morgan fingerprint density at radius 2 is 1.92 bits per heavy atom. The van der Waals surface area contributed by atoms with Crippen molar-refractivity contribution >= 4 is 0 Å². The molecule has 0 aliphatic carbocycles. The van der Waals surface area contributed by atoms with Crippen molar-refractivity contribution in [3.05, 3.63) is 0 Å². The van der Waals surface area contributed by atoms with Gasteiger partial charge in [-0.3, -0.25) is 0 Å². The highest BCUT2D eigenvalue weighted by Gasteiger charge is 2.40. The molecule has 1 fully saturated rings. The molecule has 1 saturated heterocycles. The molecule has 0 bridgehead atoms. The third kappa shape index (κ3) is 2.07. The summed E-state index contributed by atoms with van der Waals surface area (Å²) in [6, 6.07) is 0.755. The molecule has 0 aromatic carbocycles. The maximum absolute atomic E-state index is 3.65. The van der Waals surface area contributed by atoms with E-state index in [1.165, 1.54) is 19.4 Å². The van der Waals surface area contributed by atoms with Crippen LogP contribution < -0.4 is 5.32 Å². The first kappa shape index (κ1) is 11.0. The molecule has 0 aromatic heterocycles. The van der Waals surface area contributed by atoms with Crippen molar-refractivity contribution in [1.82, 2.24) is 5.32 Å². The van der Waals surface area contributed by atoms with Gasteiger partial charge in [0.05, 0.1) is 0 Å². The average Bonchev–Trinajstić information content (AvgIpc) is 2.47. The van der Waals surface area contributed by atoms with Crippen LogP contribution in [0.3, 0.4) is 0 Å². The minimum atomic E-state index is 0.504. The molecule has 1 aliphatic rings. The van der Waals surface area contributed by atoms with Crippen LogP contribution in [0.5, 0.6) is 0 Å². The minimum absolute atomic E-state index is 0.504. The minimum Gasteiger partial charge on any atom is -0.313 e. The van der Waals surface area contributed by atoms with Crippen LogP contribution in [-0.2, 0) is 0 Å². The summed E-state index contributed by atoms with van der Waals surface area (Å²) in [4.78, 5) is 0. The molecule has 1 aliphatic heterocycles. The van der Waals surface area contributed by atoms with Gasteiger partial charge in [-0.1, -0.05) is 41.0 Å². The van der Waals surface area contributed by atoms with Crippen LogP contribution in [0.4, 0.5) is 0 Å². The molecular weight excluding hydrogens is 158 g/mol. The quantitative estimate of drug-likeness (QED) is 0.709. The van der Waals surface area contributed by atoms with E-state index in [0.29, 0.717) is 5.41 Å². The molecule has 13 heavy (non-hydrogen) atoms. The van der Waals surface area contributed by atoms with Gasteiger partial charge in [-0.15, -0.1) is 0 Å². The lowest BCUT2D eigenvalue weighted by atomic mass is 9.69. The predicted molar refractivity (Wildman–Crippen MR) is 58.8 cm³/mol. The smallest absolute Gasteiger partial charge is 0.0101 e. The molecule has 1 heterocycles. The van der Waals surface area contributed by atoms with Gasteiger partial charge in [-0.2, -0.15) is 0 Å². The monoisotopic (exact) mass is 183 g/mol. The molecule has 3 unspecified atom stereocenters. The van der Waals surface area contributed by atoms with E-state index in [1.807, 2.05) is 0 Å². The van der Waals surface area contributed by atoms with Crippen molar-refractivity contribution in [2.75, 3.05) is 6.54 Å². The van der Waals surface area contributed by atoms with Gasteiger partial charge in [-0.05, 0) is 30.2 Å². The summed E-state index contributed by atoms with van der Waals surface area (Å²) in [6.07, 6.45) is 2.57. The van der Waals surface area contributed by atoms with Crippen molar-refractivity contribution < 1.29 is 0 Å². The molecular formula is C12H25N. The lowest BCUT2D eigenvalue weighted by molar-refractivity contribution is 0.146. The molecule has 78 valence electrons. The Kier molecular flexibility index (Phi) is 3.39. The molecule has 1 heteroatoms. The summed E-state index contributed by atoms with van der Waals surface area (Å²) >= 11 is 0. The van der Waals surface area contributed by atoms with E-state index in [1.54, 1.807) is 0 Å². The van der Waals surface area contributed by atoms with Gasteiger partial charge in [0.15, 0.2) is 0 Å². The topological polar surface area (TPSA) is 12.0 Å². The lowest BCUT2D eigenvalue weighted by Gasteiger charge is -2.37. The number of hydrogen-bond donors (Lipinski definition) is 1. The molecule has 1 nitrogen and oxygen atoms in total. The summed E-state index contributed by atoms with van der Waals surface area (Å²) in [6.45, 7) is 13.1. The normalized spacial score (nSPS) is 35.3. The first-order valence-electron chi connectivity index (χ1n) is 5.76. The second-order valence-electron chi connectivity index (χ2n) is 5.27. The highest BCUT2D eigenvalue weighted by Crippen LogP contribution is 2.41. The summed E-state index contributed by atoms with van der Waals surface area (Å²) in [7, 11) is 0. The molecule has 3 atom stereocenters. The van der Waals surface area contributed by atoms with Crippen LogP contribution in [0.25, 0.3) is 0 Å². The van der Waals surface area contributed by atoms with Crippen LogP contribution >= 0.6 is 0 Å². The highest BCUT2D eigenvalue weighted by atomic mass is 15.0. The van der Waals surface area contributed by atoms with Crippen molar-refractivity contribution in [2.45, 2.75) is 53.5 Å². The van der Waals surface area contributed by atoms with Crippen LogP contribution in [0.2, 0.25) is 0 Å². The maximum Gasteiger partial charge on any atom is 0.0101 e. The van der Waals surface area contributed by atoms with E-state index in [-0.39, 0.29) is 0 Å². The molecule has 1 rings (SSSR count).